The molecule has 1 N–H and O–H groups in total. The van der Waals surface area contributed by atoms with Crippen LogP contribution in [0, 0.1) is 0 Å². The lowest BCUT2D eigenvalue weighted by atomic mass is 10.2. The van der Waals surface area contributed by atoms with Crippen LogP contribution in [0.2, 0.25) is 0 Å². The molecule has 0 bridgehead atoms. The molecule has 2 amide bonds. The Morgan fingerprint density at radius 2 is 2.14 bits per heavy atom. The zero-order valence-electron chi connectivity index (χ0n) is 12.6. The smallest absolute Gasteiger partial charge is 0.318 e. The Balaban J connectivity index is 1.90. The Hall–Kier alpha value is -1.72. The number of urea groups is 1. The minimum absolute atomic E-state index is 0.0674. The van der Waals surface area contributed by atoms with Crippen LogP contribution in [0.15, 0.2) is 59.3 Å². The third-order valence-corrected chi connectivity index (χ3v) is 4.77. The quantitative estimate of drug-likeness (QED) is 0.603. The van der Waals surface area contributed by atoms with Crippen molar-refractivity contribution in [1.82, 2.24) is 10.2 Å². The third-order valence-electron chi connectivity index (χ3n) is 3.17. The number of nitrogens with one attached hydrogen (secondary N) is 1. The van der Waals surface area contributed by atoms with Gasteiger partial charge in [0.25, 0.3) is 0 Å². The molecule has 1 heterocycles. The minimum Gasteiger partial charge on any atom is -0.334 e. The van der Waals surface area contributed by atoms with Gasteiger partial charge in [-0.25, -0.2) is 4.79 Å². The van der Waals surface area contributed by atoms with E-state index in [2.05, 4.69) is 30.3 Å². The molecule has 0 saturated carbocycles. The Labute approximate surface area is 140 Å². The standard InChI is InChI=1S/C17H20N2OS2/c1-3-10-19(13-16-5-4-11-22-16)17(20)18-12-14-6-8-15(21-2)9-7-14/h3-9,11H,1,10,12-13H2,2H3,(H,18,20). The molecule has 0 radical (unpaired) electrons. The summed E-state index contributed by atoms with van der Waals surface area (Å²) in [6, 6.07) is 12.2. The van der Waals surface area contributed by atoms with Gasteiger partial charge in [-0.3, -0.25) is 0 Å². The number of hydrogen-bond acceptors (Lipinski definition) is 3. The fourth-order valence-corrected chi connectivity index (χ4v) is 3.13. The Morgan fingerprint density at radius 3 is 2.73 bits per heavy atom. The van der Waals surface area contributed by atoms with Crippen LogP contribution >= 0.6 is 23.1 Å². The summed E-state index contributed by atoms with van der Waals surface area (Å²) in [5.74, 6) is 0. The van der Waals surface area contributed by atoms with E-state index >= 15 is 0 Å². The van der Waals surface area contributed by atoms with Crippen molar-refractivity contribution in [1.29, 1.82) is 0 Å². The van der Waals surface area contributed by atoms with Crippen LogP contribution in [0.5, 0.6) is 0 Å². The molecule has 3 nitrogen and oxygen atoms in total. The lowest BCUT2D eigenvalue weighted by molar-refractivity contribution is 0.201. The second-order valence-electron chi connectivity index (χ2n) is 4.76. The van der Waals surface area contributed by atoms with Gasteiger partial charge in [0.05, 0.1) is 6.54 Å². The number of thiophene rings is 1. The number of carbonyl (C=O) groups is 1. The zero-order chi connectivity index (χ0) is 15.8. The molecule has 2 aromatic rings. The van der Waals surface area contributed by atoms with Gasteiger partial charge >= 0.3 is 6.03 Å². The number of carbonyl (C=O) groups excluding carboxylic acids is 1. The van der Waals surface area contributed by atoms with E-state index in [0.29, 0.717) is 19.6 Å². The van der Waals surface area contributed by atoms with E-state index in [-0.39, 0.29) is 6.03 Å². The Bertz CT molecular complexity index is 594. The van der Waals surface area contributed by atoms with Gasteiger partial charge in [0.1, 0.15) is 0 Å². The van der Waals surface area contributed by atoms with Crippen LogP contribution in [-0.4, -0.2) is 23.7 Å². The molecule has 116 valence electrons. The highest BCUT2D eigenvalue weighted by Crippen LogP contribution is 2.15. The average molecular weight is 332 g/mol. The molecule has 1 aromatic heterocycles. The lowest BCUT2D eigenvalue weighted by Crippen LogP contribution is -2.39. The minimum atomic E-state index is -0.0674. The molecule has 2 rings (SSSR count). The predicted molar refractivity (Wildman–Crippen MR) is 95.4 cm³/mol. The molecule has 0 saturated heterocycles. The van der Waals surface area contributed by atoms with Gasteiger partial charge in [0.2, 0.25) is 0 Å². The molecule has 0 aliphatic carbocycles. The summed E-state index contributed by atoms with van der Waals surface area (Å²) in [7, 11) is 0. The topological polar surface area (TPSA) is 32.3 Å². The highest BCUT2D eigenvalue weighted by atomic mass is 32.2. The van der Waals surface area contributed by atoms with E-state index < -0.39 is 0 Å². The lowest BCUT2D eigenvalue weighted by Gasteiger charge is -2.21. The van der Waals surface area contributed by atoms with Crippen molar-refractivity contribution in [2.75, 3.05) is 12.8 Å². The highest BCUT2D eigenvalue weighted by Gasteiger charge is 2.12. The van der Waals surface area contributed by atoms with Gasteiger partial charge in [-0.2, -0.15) is 0 Å². The molecule has 22 heavy (non-hydrogen) atoms. The first-order valence-electron chi connectivity index (χ1n) is 7.02. The Morgan fingerprint density at radius 1 is 1.36 bits per heavy atom. The van der Waals surface area contributed by atoms with E-state index in [1.807, 2.05) is 29.6 Å². The number of benzene rings is 1. The normalized spacial score (nSPS) is 10.2. The fraction of sp³-hybridized carbons (Fsp3) is 0.235. The third kappa shape index (κ3) is 4.93. The monoisotopic (exact) mass is 332 g/mol. The van der Waals surface area contributed by atoms with Crippen LogP contribution in [-0.2, 0) is 13.1 Å². The van der Waals surface area contributed by atoms with E-state index in [4.69, 9.17) is 0 Å². The first-order chi connectivity index (χ1) is 10.7. The molecule has 0 spiro atoms. The van der Waals surface area contributed by atoms with E-state index in [1.165, 1.54) is 9.77 Å². The molecular weight excluding hydrogens is 312 g/mol. The molecule has 0 aliphatic rings. The number of hydrogen-bond donors (Lipinski definition) is 1. The number of thioether (sulfide) groups is 1. The number of rotatable bonds is 7. The fourth-order valence-electron chi connectivity index (χ4n) is 2.00. The maximum Gasteiger partial charge on any atom is 0.318 e. The highest BCUT2D eigenvalue weighted by molar-refractivity contribution is 7.98. The molecule has 0 aliphatic heterocycles. The summed E-state index contributed by atoms with van der Waals surface area (Å²) in [6.07, 6.45) is 3.80. The van der Waals surface area contributed by atoms with Crippen molar-refractivity contribution in [3.05, 3.63) is 64.9 Å². The molecular formula is C17H20N2OS2. The molecule has 5 heteroatoms. The zero-order valence-corrected chi connectivity index (χ0v) is 14.3. The number of nitrogens with zero attached hydrogens (tertiary/aromatic N) is 1. The first kappa shape index (κ1) is 16.6. The van der Waals surface area contributed by atoms with Gasteiger partial charge < -0.3 is 10.2 Å². The predicted octanol–water partition coefficient (Wildman–Crippen LogP) is 4.37. The summed E-state index contributed by atoms with van der Waals surface area (Å²) in [6.45, 7) is 5.41. The van der Waals surface area contributed by atoms with Crippen LogP contribution in [0.4, 0.5) is 4.79 Å². The van der Waals surface area contributed by atoms with Crippen LogP contribution in [0.1, 0.15) is 10.4 Å². The summed E-state index contributed by atoms with van der Waals surface area (Å²) >= 11 is 3.36. The van der Waals surface area contributed by atoms with Gasteiger partial charge in [0.15, 0.2) is 0 Å². The SMILES string of the molecule is C=CCN(Cc1cccs1)C(=O)NCc1ccc(SC)cc1. The average Bonchev–Trinajstić information content (AvgIpc) is 3.06. The summed E-state index contributed by atoms with van der Waals surface area (Å²) in [5.41, 5.74) is 1.10. The van der Waals surface area contributed by atoms with Crippen molar-refractivity contribution in [2.24, 2.45) is 0 Å². The van der Waals surface area contributed by atoms with Crippen molar-refractivity contribution in [3.8, 4) is 0 Å². The maximum atomic E-state index is 12.3. The van der Waals surface area contributed by atoms with Crippen LogP contribution in [0.25, 0.3) is 0 Å². The molecule has 0 unspecified atom stereocenters. The van der Waals surface area contributed by atoms with Gasteiger partial charge in [-0.15, -0.1) is 29.7 Å². The van der Waals surface area contributed by atoms with E-state index in [9.17, 15) is 4.79 Å². The summed E-state index contributed by atoms with van der Waals surface area (Å²) in [5, 5.41) is 4.99. The first-order valence-corrected chi connectivity index (χ1v) is 9.12. The largest absolute Gasteiger partial charge is 0.334 e. The van der Waals surface area contributed by atoms with Crippen molar-refractivity contribution in [2.45, 2.75) is 18.0 Å². The molecule has 1 aromatic carbocycles. The van der Waals surface area contributed by atoms with Crippen molar-refractivity contribution in [3.63, 3.8) is 0 Å². The van der Waals surface area contributed by atoms with E-state index in [0.717, 1.165) is 5.56 Å². The molecule has 0 atom stereocenters. The van der Waals surface area contributed by atoms with Crippen molar-refractivity contribution >= 4 is 29.1 Å². The van der Waals surface area contributed by atoms with Crippen LogP contribution in [0.3, 0.4) is 0 Å². The number of amides is 2. The second kappa shape index (κ2) is 8.66. The van der Waals surface area contributed by atoms with E-state index in [1.54, 1.807) is 34.1 Å². The summed E-state index contributed by atoms with van der Waals surface area (Å²) in [4.78, 5) is 16.5. The van der Waals surface area contributed by atoms with Gasteiger partial charge in [-0.05, 0) is 35.4 Å². The second-order valence-corrected chi connectivity index (χ2v) is 6.67. The Kier molecular flexibility index (Phi) is 6.55. The maximum absolute atomic E-state index is 12.3. The summed E-state index contributed by atoms with van der Waals surface area (Å²) < 4.78 is 0. The van der Waals surface area contributed by atoms with Crippen molar-refractivity contribution < 1.29 is 4.79 Å². The van der Waals surface area contributed by atoms with Crippen LogP contribution < -0.4 is 5.32 Å². The molecule has 0 fully saturated rings. The van der Waals surface area contributed by atoms with Gasteiger partial charge in [-0.1, -0.05) is 24.3 Å². The van der Waals surface area contributed by atoms with Gasteiger partial charge in [0, 0.05) is 22.9 Å².